The van der Waals surface area contributed by atoms with Gasteiger partial charge in [-0.25, -0.2) is 9.55 Å². The molecule has 0 bridgehead atoms. The van der Waals surface area contributed by atoms with Gasteiger partial charge in [0, 0.05) is 18.5 Å². The number of nitrogens with zero attached hydrogens (tertiary/aromatic N) is 4. The van der Waals surface area contributed by atoms with Gasteiger partial charge in [0.1, 0.15) is 6.20 Å². The zero-order chi connectivity index (χ0) is 14.3. The minimum absolute atomic E-state index is 0.0316. The van der Waals surface area contributed by atoms with Crippen molar-refractivity contribution in [2.75, 3.05) is 4.93 Å². The quantitative estimate of drug-likeness (QED) is 0.359. The highest BCUT2D eigenvalue weighted by Gasteiger charge is 2.13. The second-order valence-electron chi connectivity index (χ2n) is 3.41. The van der Waals surface area contributed by atoms with Crippen LogP contribution in [0.5, 0.6) is 0 Å². The molecule has 2 aromatic heterocycles. The summed E-state index contributed by atoms with van der Waals surface area (Å²) in [6.45, 7) is 0. The number of halogens is 1. The zero-order valence-electron chi connectivity index (χ0n) is 10.5. The number of alkyl halides is 1. The van der Waals surface area contributed by atoms with Crippen LogP contribution in [-0.4, -0.2) is 24.4 Å². The molecule has 2 aromatic rings. The summed E-state index contributed by atoms with van der Waals surface area (Å²) < 4.78 is 1.42. The third-order valence-corrected chi connectivity index (χ3v) is 2.30. The molecule has 0 saturated carbocycles. The van der Waals surface area contributed by atoms with Crippen molar-refractivity contribution in [2.45, 2.75) is 0 Å². The Balaban J connectivity index is 0.000000861. The second-order valence-corrected chi connectivity index (χ2v) is 3.41. The number of imidazole rings is 1. The molecular weight excluding hydrogens is 359 g/mol. The molecule has 0 amide bonds. The monoisotopic (exact) mass is 372 g/mol. The van der Waals surface area contributed by atoms with Gasteiger partial charge in [0.25, 0.3) is 0 Å². The lowest BCUT2D eigenvalue weighted by Crippen LogP contribution is -1.98. The van der Waals surface area contributed by atoms with E-state index in [1.807, 2.05) is 17.1 Å². The maximum Gasteiger partial charge on any atom is 0.342 e. The third-order valence-electron chi connectivity index (χ3n) is 2.30. The van der Waals surface area contributed by atoms with Gasteiger partial charge in [-0.1, -0.05) is 28.7 Å². The van der Waals surface area contributed by atoms with Crippen LogP contribution in [0.15, 0.2) is 30.7 Å². The molecule has 19 heavy (non-hydrogen) atoms. The predicted molar refractivity (Wildman–Crippen MR) is 83.0 cm³/mol. The Morgan fingerprint density at radius 3 is 2.63 bits per heavy atom. The van der Waals surface area contributed by atoms with Crippen LogP contribution in [0.4, 0.5) is 5.82 Å². The molecule has 0 fully saturated rings. The van der Waals surface area contributed by atoms with Crippen molar-refractivity contribution in [3.63, 3.8) is 0 Å². The van der Waals surface area contributed by atoms with E-state index in [-0.39, 0.29) is 5.82 Å². The molecule has 0 radical (unpaired) electrons. The van der Waals surface area contributed by atoms with Crippen molar-refractivity contribution >= 4 is 40.6 Å². The maximum absolute atomic E-state index is 10.6. The Morgan fingerprint density at radius 1 is 1.37 bits per heavy atom. The Labute approximate surface area is 124 Å². The summed E-state index contributed by atoms with van der Waals surface area (Å²) in [5.41, 5.74) is 0.915. The fourth-order valence-corrected chi connectivity index (χ4v) is 1.38. The van der Waals surface area contributed by atoms with Crippen LogP contribution >= 0.6 is 22.6 Å². The highest BCUT2D eigenvalue weighted by Crippen LogP contribution is 2.13. The SMILES string of the molecule is CI.Cn1c([N+](=O)[O-])cnc1/C=C\c1cccnc1. The first-order valence-corrected chi connectivity index (χ1v) is 7.46. The molecule has 6 nitrogen and oxygen atoms in total. The van der Waals surface area contributed by atoms with Crippen LogP contribution in [0.25, 0.3) is 12.2 Å². The van der Waals surface area contributed by atoms with Crippen molar-refractivity contribution < 1.29 is 4.92 Å². The van der Waals surface area contributed by atoms with Crippen LogP contribution in [0, 0.1) is 10.1 Å². The molecule has 0 aromatic carbocycles. The molecule has 2 heterocycles. The van der Waals surface area contributed by atoms with E-state index in [9.17, 15) is 10.1 Å². The van der Waals surface area contributed by atoms with Gasteiger partial charge >= 0.3 is 5.82 Å². The molecule has 0 aliphatic rings. The van der Waals surface area contributed by atoms with Crippen molar-refractivity contribution in [3.8, 4) is 0 Å². The van der Waals surface area contributed by atoms with E-state index in [1.54, 1.807) is 31.6 Å². The first kappa shape index (κ1) is 15.3. The first-order valence-electron chi connectivity index (χ1n) is 5.30. The Hall–Kier alpha value is -1.77. The van der Waals surface area contributed by atoms with E-state index in [0.29, 0.717) is 5.82 Å². The molecule has 100 valence electrons. The lowest BCUT2D eigenvalue weighted by molar-refractivity contribution is -0.391. The largest absolute Gasteiger partial charge is 0.358 e. The van der Waals surface area contributed by atoms with Crippen LogP contribution in [0.1, 0.15) is 11.4 Å². The molecule has 0 aliphatic carbocycles. The molecule has 0 spiro atoms. The van der Waals surface area contributed by atoms with E-state index in [0.717, 1.165) is 5.56 Å². The van der Waals surface area contributed by atoms with Crippen LogP contribution in [-0.2, 0) is 7.05 Å². The average Bonchev–Trinajstić information content (AvgIpc) is 2.81. The van der Waals surface area contributed by atoms with Crippen molar-refractivity contribution in [1.82, 2.24) is 14.5 Å². The van der Waals surface area contributed by atoms with E-state index in [1.165, 1.54) is 10.8 Å². The lowest BCUT2D eigenvalue weighted by atomic mass is 10.2. The van der Waals surface area contributed by atoms with E-state index >= 15 is 0 Å². The van der Waals surface area contributed by atoms with Crippen molar-refractivity contribution in [2.24, 2.45) is 7.05 Å². The smallest absolute Gasteiger partial charge is 0.342 e. The summed E-state index contributed by atoms with van der Waals surface area (Å²) in [5, 5.41) is 10.6. The summed E-state index contributed by atoms with van der Waals surface area (Å²) in [6, 6.07) is 3.71. The molecule has 0 N–H and O–H groups in total. The molecule has 2 rings (SSSR count). The van der Waals surface area contributed by atoms with Gasteiger partial charge in [0.15, 0.2) is 0 Å². The average molecular weight is 372 g/mol. The summed E-state index contributed by atoms with van der Waals surface area (Å²) in [4.78, 5) is 20.1. The summed E-state index contributed by atoms with van der Waals surface area (Å²) in [6.07, 6.45) is 8.14. The van der Waals surface area contributed by atoms with Gasteiger partial charge in [0.2, 0.25) is 5.82 Å². The van der Waals surface area contributed by atoms with Gasteiger partial charge in [-0.05, 0) is 27.6 Å². The fourth-order valence-electron chi connectivity index (χ4n) is 1.38. The highest BCUT2D eigenvalue weighted by molar-refractivity contribution is 14.1. The summed E-state index contributed by atoms with van der Waals surface area (Å²) in [7, 11) is 1.61. The number of nitro groups is 1. The van der Waals surface area contributed by atoms with Gasteiger partial charge in [-0.2, -0.15) is 0 Å². The molecule has 7 heteroatoms. The van der Waals surface area contributed by atoms with Gasteiger partial charge in [-0.3, -0.25) is 4.98 Å². The van der Waals surface area contributed by atoms with E-state index < -0.39 is 4.92 Å². The Morgan fingerprint density at radius 2 is 2.11 bits per heavy atom. The second kappa shape index (κ2) is 7.62. The van der Waals surface area contributed by atoms with Crippen LogP contribution < -0.4 is 0 Å². The van der Waals surface area contributed by atoms with E-state index in [2.05, 4.69) is 32.6 Å². The number of hydrogen-bond acceptors (Lipinski definition) is 4. The van der Waals surface area contributed by atoms with Gasteiger partial charge in [-0.15, -0.1) is 0 Å². The summed E-state index contributed by atoms with van der Waals surface area (Å²) in [5.74, 6) is 0.497. The maximum atomic E-state index is 10.6. The van der Waals surface area contributed by atoms with Crippen molar-refractivity contribution in [3.05, 3.63) is 52.2 Å². The van der Waals surface area contributed by atoms with Gasteiger partial charge < -0.3 is 10.1 Å². The number of rotatable bonds is 3. The number of pyridine rings is 1. The Bertz CT molecular complexity index is 566. The highest BCUT2D eigenvalue weighted by atomic mass is 127. The minimum atomic E-state index is -0.464. The Kier molecular flexibility index (Phi) is 6.13. The number of hydrogen-bond donors (Lipinski definition) is 0. The van der Waals surface area contributed by atoms with Crippen LogP contribution in [0.3, 0.4) is 0 Å². The standard InChI is InChI=1S/C11H10N4O2.CH3I/c1-14-10(13-8-11(14)15(16)17)5-4-9-3-2-6-12-7-9;1-2/h2-8H,1H3;1H3/b5-4-;. The summed E-state index contributed by atoms with van der Waals surface area (Å²) >= 11 is 2.15. The van der Waals surface area contributed by atoms with Gasteiger partial charge in [0.05, 0.1) is 7.05 Å². The molecule has 0 aliphatic heterocycles. The minimum Gasteiger partial charge on any atom is -0.358 e. The molecule has 0 unspecified atom stereocenters. The normalized spacial score (nSPS) is 10.1. The topological polar surface area (TPSA) is 73.8 Å². The molecule has 0 saturated heterocycles. The molecule has 0 atom stereocenters. The molecular formula is C12H13IN4O2. The first-order chi connectivity index (χ1) is 9.18. The predicted octanol–water partition coefficient (Wildman–Crippen LogP) is 2.94. The van der Waals surface area contributed by atoms with Crippen molar-refractivity contribution in [1.29, 1.82) is 0 Å². The lowest BCUT2D eigenvalue weighted by Gasteiger charge is -1.94. The zero-order valence-corrected chi connectivity index (χ0v) is 12.7. The fraction of sp³-hybridized carbons (Fsp3) is 0.167. The number of aromatic nitrogens is 3. The van der Waals surface area contributed by atoms with E-state index in [4.69, 9.17) is 0 Å². The van der Waals surface area contributed by atoms with Crippen LogP contribution in [0.2, 0.25) is 0 Å². The third kappa shape index (κ3) is 4.12.